The Labute approximate surface area is 92.1 Å². The van der Waals surface area contributed by atoms with Gasteiger partial charge in [0.1, 0.15) is 5.75 Å². The van der Waals surface area contributed by atoms with E-state index in [0.717, 1.165) is 24.0 Å². The molecule has 1 aromatic carbocycles. The lowest BCUT2D eigenvalue weighted by molar-refractivity contribution is 0.464. The molecular weight excluding hydrogens is 186 g/mol. The van der Waals surface area contributed by atoms with Crippen LogP contribution in [0.3, 0.4) is 0 Å². The molecule has 0 saturated heterocycles. The van der Waals surface area contributed by atoms with Crippen LogP contribution in [0.4, 0.5) is 0 Å². The number of phenols is 1. The molecule has 0 aliphatic heterocycles. The molecule has 0 aliphatic carbocycles. The van der Waals surface area contributed by atoms with E-state index in [4.69, 9.17) is 5.73 Å². The fraction of sp³-hybridized carbons (Fsp3) is 0.538. The molecule has 1 aromatic rings. The predicted molar refractivity (Wildman–Crippen MR) is 64.2 cm³/mol. The predicted octanol–water partition coefficient (Wildman–Crippen LogP) is 2.68. The number of rotatable bonds is 3. The summed E-state index contributed by atoms with van der Waals surface area (Å²) in [7, 11) is 0. The van der Waals surface area contributed by atoms with Crippen molar-refractivity contribution in [2.75, 3.05) is 0 Å². The quantitative estimate of drug-likeness (QED) is 0.800. The van der Waals surface area contributed by atoms with E-state index in [9.17, 15) is 5.11 Å². The average Bonchev–Trinajstić information content (AvgIpc) is 2.09. The normalized spacial score (nSPS) is 11.8. The van der Waals surface area contributed by atoms with Gasteiger partial charge in [-0.25, -0.2) is 0 Å². The van der Waals surface area contributed by atoms with Gasteiger partial charge in [0, 0.05) is 5.54 Å². The summed E-state index contributed by atoms with van der Waals surface area (Å²) in [6.45, 7) is 7.93. The largest absolute Gasteiger partial charge is 0.507 e. The number of hydrogen-bond acceptors (Lipinski definition) is 2. The summed E-state index contributed by atoms with van der Waals surface area (Å²) < 4.78 is 0. The van der Waals surface area contributed by atoms with Crippen LogP contribution in [0.15, 0.2) is 12.1 Å². The Morgan fingerprint density at radius 3 is 2.07 bits per heavy atom. The number of hydrogen-bond donors (Lipinski definition) is 2. The van der Waals surface area contributed by atoms with Gasteiger partial charge < -0.3 is 10.8 Å². The van der Waals surface area contributed by atoms with E-state index in [0.29, 0.717) is 5.75 Å². The highest BCUT2D eigenvalue weighted by Crippen LogP contribution is 2.24. The second-order valence-corrected chi connectivity index (χ2v) is 5.07. The summed E-state index contributed by atoms with van der Waals surface area (Å²) >= 11 is 0. The van der Waals surface area contributed by atoms with E-state index in [1.54, 1.807) is 0 Å². The highest BCUT2D eigenvalue weighted by molar-refractivity contribution is 5.42. The van der Waals surface area contributed by atoms with E-state index in [1.165, 1.54) is 5.56 Å². The topological polar surface area (TPSA) is 46.2 Å². The number of nitrogens with two attached hydrogens (primary N) is 1. The first-order valence-corrected chi connectivity index (χ1v) is 5.37. The molecule has 0 spiro atoms. The highest BCUT2D eigenvalue weighted by atomic mass is 16.3. The molecule has 0 atom stereocenters. The van der Waals surface area contributed by atoms with E-state index in [1.807, 2.05) is 39.8 Å². The average molecular weight is 207 g/mol. The summed E-state index contributed by atoms with van der Waals surface area (Å²) in [4.78, 5) is 0. The van der Waals surface area contributed by atoms with Crippen molar-refractivity contribution >= 4 is 0 Å². The first kappa shape index (κ1) is 12.1. The van der Waals surface area contributed by atoms with Crippen LogP contribution in [0, 0.1) is 13.8 Å². The van der Waals surface area contributed by atoms with E-state index in [-0.39, 0.29) is 5.54 Å². The van der Waals surface area contributed by atoms with Crippen LogP contribution in [-0.2, 0) is 6.42 Å². The van der Waals surface area contributed by atoms with Gasteiger partial charge in [-0.3, -0.25) is 0 Å². The summed E-state index contributed by atoms with van der Waals surface area (Å²) in [5, 5.41) is 9.63. The van der Waals surface area contributed by atoms with Crippen LogP contribution in [0.5, 0.6) is 5.75 Å². The smallest absolute Gasteiger partial charge is 0.121 e. The third kappa shape index (κ3) is 3.56. The zero-order valence-electron chi connectivity index (χ0n) is 10.1. The van der Waals surface area contributed by atoms with E-state index in [2.05, 4.69) is 0 Å². The maximum atomic E-state index is 9.63. The van der Waals surface area contributed by atoms with Gasteiger partial charge >= 0.3 is 0 Å². The van der Waals surface area contributed by atoms with Crippen LogP contribution in [0.2, 0.25) is 0 Å². The monoisotopic (exact) mass is 207 g/mol. The SMILES string of the molecule is Cc1cc(CCC(C)(C)N)cc(C)c1O. The maximum absolute atomic E-state index is 9.63. The van der Waals surface area contributed by atoms with Crippen molar-refractivity contribution in [2.45, 2.75) is 46.1 Å². The molecule has 0 heterocycles. The molecule has 1 rings (SSSR count). The number of aromatic hydroxyl groups is 1. The fourth-order valence-electron chi connectivity index (χ4n) is 1.66. The van der Waals surface area contributed by atoms with Crippen molar-refractivity contribution in [3.05, 3.63) is 28.8 Å². The van der Waals surface area contributed by atoms with Crippen LogP contribution in [0.1, 0.15) is 37.0 Å². The number of phenolic OH excluding ortho intramolecular Hbond substituents is 1. The van der Waals surface area contributed by atoms with Gasteiger partial charge in [-0.15, -0.1) is 0 Å². The van der Waals surface area contributed by atoms with Crippen molar-refractivity contribution in [1.82, 2.24) is 0 Å². The second-order valence-electron chi connectivity index (χ2n) is 5.07. The number of benzene rings is 1. The number of aryl methyl sites for hydroxylation is 3. The highest BCUT2D eigenvalue weighted by Gasteiger charge is 2.11. The van der Waals surface area contributed by atoms with Gasteiger partial charge in [-0.05, 0) is 57.2 Å². The summed E-state index contributed by atoms with van der Waals surface area (Å²) in [5.41, 5.74) is 8.95. The summed E-state index contributed by atoms with van der Waals surface area (Å²) in [6.07, 6.45) is 1.92. The molecule has 2 heteroatoms. The molecule has 0 unspecified atom stereocenters. The van der Waals surface area contributed by atoms with Crippen LogP contribution in [-0.4, -0.2) is 10.6 Å². The molecule has 0 fully saturated rings. The minimum absolute atomic E-state index is 0.125. The van der Waals surface area contributed by atoms with Crippen molar-refractivity contribution in [1.29, 1.82) is 0 Å². The molecule has 15 heavy (non-hydrogen) atoms. The van der Waals surface area contributed by atoms with Gasteiger partial charge in [-0.2, -0.15) is 0 Å². The minimum Gasteiger partial charge on any atom is -0.507 e. The third-order valence-electron chi connectivity index (χ3n) is 2.61. The zero-order chi connectivity index (χ0) is 11.6. The third-order valence-corrected chi connectivity index (χ3v) is 2.61. The van der Waals surface area contributed by atoms with Crippen molar-refractivity contribution in [2.24, 2.45) is 5.73 Å². The molecule has 0 amide bonds. The minimum atomic E-state index is -0.125. The van der Waals surface area contributed by atoms with Gasteiger partial charge in [0.2, 0.25) is 0 Å². The molecule has 3 N–H and O–H groups in total. The van der Waals surface area contributed by atoms with Crippen LogP contribution in [0.25, 0.3) is 0 Å². The van der Waals surface area contributed by atoms with Crippen molar-refractivity contribution < 1.29 is 5.11 Å². The molecule has 84 valence electrons. The zero-order valence-corrected chi connectivity index (χ0v) is 10.1. The lowest BCUT2D eigenvalue weighted by Gasteiger charge is -2.18. The van der Waals surface area contributed by atoms with E-state index < -0.39 is 0 Å². The molecule has 0 saturated carbocycles. The first-order valence-electron chi connectivity index (χ1n) is 5.37. The van der Waals surface area contributed by atoms with Crippen molar-refractivity contribution in [3.8, 4) is 5.75 Å². The fourth-order valence-corrected chi connectivity index (χ4v) is 1.66. The molecule has 0 aliphatic rings. The summed E-state index contributed by atoms with van der Waals surface area (Å²) in [6, 6.07) is 4.07. The first-order chi connectivity index (χ1) is 6.79. The molecule has 0 aromatic heterocycles. The Hall–Kier alpha value is -1.02. The second kappa shape index (κ2) is 4.23. The lowest BCUT2D eigenvalue weighted by Crippen LogP contribution is -2.32. The standard InChI is InChI=1S/C13H21NO/c1-9-7-11(5-6-13(3,4)14)8-10(2)12(9)15/h7-8,15H,5-6,14H2,1-4H3. The van der Waals surface area contributed by atoms with Gasteiger partial charge in [0.15, 0.2) is 0 Å². The Balaban J connectivity index is 2.80. The van der Waals surface area contributed by atoms with E-state index >= 15 is 0 Å². The molecule has 2 nitrogen and oxygen atoms in total. The Kier molecular flexibility index (Phi) is 3.40. The van der Waals surface area contributed by atoms with Gasteiger partial charge in [0.25, 0.3) is 0 Å². The van der Waals surface area contributed by atoms with Gasteiger partial charge in [0.05, 0.1) is 0 Å². The van der Waals surface area contributed by atoms with Crippen LogP contribution >= 0.6 is 0 Å². The molecule has 0 radical (unpaired) electrons. The van der Waals surface area contributed by atoms with Crippen LogP contribution < -0.4 is 5.73 Å². The van der Waals surface area contributed by atoms with Gasteiger partial charge in [-0.1, -0.05) is 12.1 Å². The lowest BCUT2D eigenvalue weighted by atomic mass is 9.94. The Morgan fingerprint density at radius 1 is 1.20 bits per heavy atom. The Morgan fingerprint density at radius 2 is 1.67 bits per heavy atom. The molecular formula is C13H21NO. The maximum Gasteiger partial charge on any atom is 0.121 e. The molecule has 0 bridgehead atoms. The van der Waals surface area contributed by atoms with Crippen molar-refractivity contribution in [3.63, 3.8) is 0 Å². The Bertz CT molecular complexity index is 327. The summed E-state index contributed by atoms with van der Waals surface area (Å²) in [5.74, 6) is 0.408.